The molecule has 0 aliphatic rings. The van der Waals surface area contributed by atoms with Crippen molar-refractivity contribution in [1.29, 1.82) is 0 Å². The monoisotopic (exact) mass is 262 g/mol. The molecule has 4 nitrogen and oxygen atoms in total. The fourth-order valence-corrected chi connectivity index (χ4v) is 2.75. The van der Waals surface area contributed by atoms with Crippen LogP contribution < -0.4 is 5.73 Å². The highest BCUT2D eigenvalue weighted by molar-refractivity contribution is 7.99. The molecule has 0 aliphatic heterocycles. The first-order valence-electron chi connectivity index (χ1n) is 5.91. The van der Waals surface area contributed by atoms with E-state index in [2.05, 4.69) is 41.4 Å². The molecule has 0 saturated heterocycles. The van der Waals surface area contributed by atoms with Crippen LogP contribution in [0.5, 0.6) is 0 Å². The van der Waals surface area contributed by atoms with E-state index in [0.29, 0.717) is 6.54 Å². The Bertz CT molecular complexity index is 536. The quantitative estimate of drug-likeness (QED) is 0.858. The van der Waals surface area contributed by atoms with Gasteiger partial charge < -0.3 is 10.3 Å². The number of benzene rings is 1. The maximum Gasteiger partial charge on any atom is 0.191 e. The summed E-state index contributed by atoms with van der Waals surface area (Å²) in [5.41, 5.74) is 8.37. The molecule has 18 heavy (non-hydrogen) atoms. The van der Waals surface area contributed by atoms with Crippen molar-refractivity contribution in [3.05, 3.63) is 41.2 Å². The van der Waals surface area contributed by atoms with Crippen molar-refractivity contribution in [3.63, 3.8) is 0 Å². The largest absolute Gasteiger partial charge is 0.329 e. The summed E-state index contributed by atoms with van der Waals surface area (Å²) in [6.45, 7) is 4.62. The summed E-state index contributed by atoms with van der Waals surface area (Å²) in [6.07, 6.45) is 0. The van der Waals surface area contributed by atoms with E-state index in [1.807, 2.05) is 18.5 Å². The Balaban J connectivity index is 2.22. The molecule has 2 rings (SSSR count). The van der Waals surface area contributed by atoms with E-state index in [1.165, 1.54) is 11.1 Å². The highest BCUT2D eigenvalue weighted by Gasteiger charge is 2.15. The lowest BCUT2D eigenvalue weighted by Gasteiger charge is -2.14. The lowest BCUT2D eigenvalue weighted by molar-refractivity contribution is 0.760. The molecule has 96 valence electrons. The smallest absolute Gasteiger partial charge is 0.191 e. The van der Waals surface area contributed by atoms with E-state index in [4.69, 9.17) is 5.73 Å². The molecule has 2 N–H and O–H groups in total. The van der Waals surface area contributed by atoms with Gasteiger partial charge in [-0.05, 0) is 19.4 Å². The van der Waals surface area contributed by atoms with Crippen LogP contribution in [0, 0.1) is 13.8 Å². The van der Waals surface area contributed by atoms with Crippen molar-refractivity contribution in [2.24, 2.45) is 12.8 Å². The molecule has 0 saturated carbocycles. The zero-order chi connectivity index (χ0) is 13.1. The molecule has 5 heteroatoms. The van der Waals surface area contributed by atoms with Crippen molar-refractivity contribution >= 4 is 11.8 Å². The van der Waals surface area contributed by atoms with Gasteiger partial charge in [-0.3, -0.25) is 0 Å². The van der Waals surface area contributed by atoms with Crippen LogP contribution in [-0.4, -0.2) is 21.3 Å². The maximum atomic E-state index is 5.88. The van der Waals surface area contributed by atoms with Gasteiger partial charge in [-0.25, -0.2) is 0 Å². The molecular formula is C13H18N4S. The number of rotatable bonds is 4. The molecular weight excluding hydrogens is 244 g/mol. The molecule has 1 aromatic carbocycles. The van der Waals surface area contributed by atoms with Gasteiger partial charge in [0.15, 0.2) is 5.16 Å². The van der Waals surface area contributed by atoms with Crippen molar-refractivity contribution < 1.29 is 0 Å². The van der Waals surface area contributed by atoms with Gasteiger partial charge >= 0.3 is 0 Å². The second-order valence-electron chi connectivity index (χ2n) is 4.35. The minimum Gasteiger partial charge on any atom is -0.329 e. The molecule has 2 aromatic rings. The Morgan fingerprint density at radius 1 is 1.33 bits per heavy atom. The third-order valence-electron chi connectivity index (χ3n) is 2.93. The fourth-order valence-electron chi connectivity index (χ4n) is 1.74. The van der Waals surface area contributed by atoms with Crippen LogP contribution in [0.4, 0.5) is 0 Å². The Morgan fingerprint density at radius 3 is 2.67 bits per heavy atom. The normalized spacial score (nSPS) is 12.7. The summed E-state index contributed by atoms with van der Waals surface area (Å²) >= 11 is 1.66. The summed E-state index contributed by atoms with van der Waals surface area (Å²) in [5.74, 6) is 0.914. The number of aryl methyl sites for hydroxylation is 2. The van der Waals surface area contributed by atoms with E-state index in [0.717, 1.165) is 11.0 Å². The first-order chi connectivity index (χ1) is 8.61. The predicted molar refractivity (Wildman–Crippen MR) is 74.6 cm³/mol. The zero-order valence-electron chi connectivity index (χ0n) is 10.9. The van der Waals surface area contributed by atoms with Crippen LogP contribution in [-0.2, 0) is 7.05 Å². The van der Waals surface area contributed by atoms with Gasteiger partial charge in [0, 0.05) is 18.8 Å². The maximum absolute atomic E-state index is 5.88. The molecule has 0 aliphatic carbocycles. The van der Waals surface area contributed by atoms with Gasteiger partial charge in [-0.1, -0.05) is 41.6 Å². The number of thioether (sulfide) groups is 1. The summed E-state index contributed by atoms with van der Waals surface area (Å²) in [4.78, 5) is 0. The molecule has 0 radical (unpaired) electrons. The number of nitrogens with two attached hydrogens (primary N) is 1. The van der Waals surface area contributed by atoms with E-state index >= 15 is 0 Å². The first-order valence-corrected chi connectivity index (χ1v) is 6.79. The average molecular weight is 262 g/mol. The molecule has 1 heterocycles. The zero-order valence-corrected chi connectivity index (χ0v) is 11.7. The van der Waals surface area contributed by atoms with Crippen LogP contribution in [0.3, 0.4) is 0 Å². The lowest BCUT2D eigenvalue weighted by atomic mass is 10.1. The lowest BCUT2D eigenvalue weighted by Crippen LogP contribution is -2.10. The fraction of sp³-hybridized carbons (Fsp3) is 0.385. The number of hydrogen-bond acceptors (Lipinski definition) is 4. The van der Waals surface area contributed by atoms with Gasteiger partial charge in [0.25, 0.3) is 0 Å². The Kier molecular flexibility index (Phi) is 4.04. The summed E-state index contributed by atoms with van der Waals surface area (Å²) in [5, 5.41) is 9.36. The van der Waals surface area contributed by atoms with Gasteiger partial charge in [0.05, 0.1) is 0 Å². The van der Waals surface area contributed by atoms with Gasteiger partial charge in [-0.2, -0.15) is 0 Å². The third kappa shape index (κ3) is 2.73. The second-order valence-corrected chi connectivity index (χ2v) is 5.52. The Morgan fingerprint density at radius 2 is 2.11 bits per heavy atom. The van der Waals surface area contributed by atoms with Crippen LogP contribution in [0.2, 0.25) is 0 Å². The predicted octanol–water partition coefficient (Wildman–Crippen LogP) is 2.22. The second kappa shape index (κ2) is 5.54. The van der Waals surface area contributed by atoms with Crippen molar-refractivity contribution in [2.75, 3.05) is 6.54 Å². The van der Waals surface area contributed by atoms with Gasteiger partial charge in [0.2, 0.25) is 0 Å². The van der Waals surface area contributed by atoms with E-state index < -0.39 is 0 Å². The van der Waals surface area contributed by atoms with Crippen LogP contribution in [0.25, 0.3) is 0 Å². The topological polar surface area (TPSA) is 56.7 Å². The van der Waals surface area contributed by atoms with Gasteiger partial charge in [-0.15, -0.1) is 10.2 Å². The average Bonchev–Trinajstić information content (AvgIpc) is 2.67. The molecule has 1 unspecified atom stereocenters. The summed E-state index contributed by atoms with van der Waals surface area (Å²) in [7, 11) is 1.97. The number of hydrogen-bond donors (Lipinski definition) is 1. The van der Waals surface area contributed by atoms with E-state index in [9.17, 15) is 0 Å². The standard InChI is InChI=1S/C13H18N4S/c1-9-5-4-6-11(7-9)12(8-14)18-13-16-15-10(2)17(13)3/h4-7,12H,8,14H2,1-3H3. The highest BCUT2D eigenvalue weighted by Crippen LogP contribution is 2.33. The minimum absolute atomic E-state index is 0.215. The van der Waals surface area contributed by atoms with Crippen LogP contribution in [0.1, 0.15) is 22.2 Å². The molecule has 0 fully saturated rings. The number of nitrogens with zero attached hydrogens (tertiary/aromatic N) is 3. The van der Waals surface area contributed by atoms with Crippen LogP contribution in [0.15, 0.2) is 29.4 Å². The summed E-state index contributed by atoms with van der Waals surface area (Å²) in [6, 6.07) is 8.44. The Hall–Kier alpha value is -1.33. The van der Waals surface area contributed by atoms with Crippen molar-refractivity contribution in [3.8, 4) is 0 Å². The van der Waals surface area contributed by atoms with Crippen LogP contribution >= 0.6 is 11.8 Å². The first kappa shape index (κ1) is 13.1. The van der Waals surface area contributed by atoms with Crippen molar-refractivity contribution in [2.45, 2.75) is 24.3 Å². The minimum atomic E-state index is 0.215. The van der Waals surface area contributed by atoms with E-state index in [-0.39, 0.29) is 5.25 Å². The molecule has 1 atom stereocenters. The third-order valence-corrected chi connectivity index (χ3v) is 4.24. The van der Waals surface area contributed by atoms with Gasteiger partial charge in [0.1, 0.15) is 5.82 Å². The van der Waals surface area contributed by atoms with Crippen molar-refractivity contribution in [1.82, 2.24) is 14.8 Å². The molecule has 0 amide bonds. The summed E-state index contributed by atoms with van der Waals surface area (Å²) < 4.78 is 1.99. The molecule has 0 spiro atoms. The molecule has 0 bridgehead atoms. The number of aromatic nitrogens is 3. The molecule has 1 aromatic heterocycles. The van der Waals surface area contributed by atoms with E-state index in [1.54, 1.807) is 11.8 Å². The SMILES string of the molecule is Cc1cccc(C(CN)Sc2nnc(C)n2C)c1. The highest BCUT2D eigenvalue weighted by atomic mass is 32.2. The Labute approximate surface area is 112 Å².